The second-order valence-corrected chi connectivity index (χ2v) is 2.71. The molecule has 0 spiro atoms. The Balaban J connectivity index is 2.93. The fraction of sp³-hybridized carbons (Fsp3) is 0.400. The number of pyridine rings is 1. The van der Waals surface area contributed by atoms with Crippen LogP contribution in [0.2, 0.25) is 0 Å². The third-order valence-electron chi connectivity index (χ3n) is 1.59. The van der Waals surface area contributed by atoms with E-state index in [9.17, 15) is 4.79 Å². The number of rotatable bonds is 5. The topological polar surface area (TPSA) is 77.9 Å². The minimum Gasteiger partial charge on any atom is -0.492 e. The van der Waals surface area contributed by atoms with Gasteiger partial charge in [-0.15, -0.1) is 0 Å². The molecule has 0 aliphatic carbocycles. The standard InChI is InChI=1S/C10H13NO5/c1-3-14-7-5-8(15-4-2)9(11-6-7)16-10(12)13/h5-6H,3-4H2,1-2H3,(H,12,13). The molecule has 0 aromatic carbocycles. The maximum absolute atomic E-state index is 10.4. The highest BCUT2D eigenvalue weighted by Gasteiger charge is 2.12. The van der Waals surface area contributed by atoms with Crippen LogP contribution in [0.25, 0.3) is 0 Å². The minimum atomic E-state index is -1.43. The summed E-state index contributed by atoms with van der Waals surface area (Å²) in [6.07, 6.45) is -0.0535. The summed E-state index contributed by atoms with van der Waals surface area (Å²) in [5.41, 5.74) is 0. The van der Waals surface area contributed by atoms with Crippen LogP contribution in [0.15, 0.2) is 12.3 Å². The van der Waals surface area contributed by atoms with E-state index in [1.54, 1.807) is 6.92 Å². The van der Waals surface area contributed by atoms with Gasteiger partial charge in [-0.3, -0.25) is 0 Å². The average molecular weight is 227 g/mol. The first-order valence-corrected chi connectivity index (χ1v) is 4.83. The molecule has 0 radical (unpaired) electrons. The molecule has 1 aromatic rings. The van der Waals surface area contributed by atoms with Crippen molar-refractivity contribution < 1.29 is 24.1 Å². The Hall–Kier alpha value is -1.98. The quantitative estimate of drug-likeness (QED) is 0.774. The predicted molar refractivity (Wildman–Crippen MR) is 55.2 cm³/mol. The van der Waals surface area contributed by atoms with Crippen LogP contribution in [0.4, 0.5) is 4.79 Å². The monoisotopic (exact) mass is 227 g/mol. The van der Waals surface area contributed by atoms with E-state index in [2.05, 4.69) is 9.72 Å². The van der Waals surface area contributed by atoms with Crippen LogP contribution in [0.5, 0.6) is 17.4 Å². The SMILES string of the molecule is CCOc1cnc(OC(=O)O)c(OCC)c1. The average Bonchev–Trinajstić information content (AvgIpc) is 2.22. The van der Waals surface area contributed by atoms with Crippen LogP contribution in [-0.4, -0.2) is 29.5 Å². The number of carbonyl (C=O) groups is 1. The molecule has 0 saturated heterocycles. The number of aromatic nitrogens is 1. The van der Waals surface area contributed by atoms with Gasteiger partial charge < -0.3 is 19.3 Å². The van der Waals surface area contributed by atoms with E-state index in [4.69, 9.17) is 14.6 Å². The Bertz CT molecular complexity index is 366. The van der Waals surface area contributed by atoms with Crippen molar-refractivity contribution in [1.29, 1.82) is 0 Å². The highest BCUT2D eigenvalue weighted by atomic mass is 16.7. The largest absolute Gasteiger partial charge is 0.512 e. The molecular formula is C10H13NO5. The first-order valence-electron chi connectivity index (χ1n) is 4.83. The van der Waals surface area contributed by atoms with E-state index in [1.807, 2.05) is 6.92 Å². The lowest BCUT2D eigenvalue weighted by molar-refractivity contribution is 0.140. The number of carboxylic acid groups (broad SMARTS) is 1. The summed E-state index contributed by atoms with van der Waals surface area (Å²) >= 11 is 0. The number of hydrogen-bond donors (Lipinski definition) is 1. The molecule has 6 heteroatoms. The Morgan fingerprint density at radius 2 is 2.06 bits per heavy atom. The van der Waals surface area contributed by atoms with E-state index in [1.165, 1.54) is 12.3 Å². The van der Waals surface area contributed by atoms with Gasteiger partial charge in [0.05, 0.1) is 19.4 Å². The summed E-state index contributed by atoms with van der Waals surface area (Å²) < 4.78 is 14.9. The van der Waals surface area contributed by atoms with Gasteiger partial charge in [-0.2, -0.15) is 0 Å². The zero-order valence-electron chi connectivity index (χ0n) is 9.10. The van der Waals surface area contributed by atoms with Gasteiger partial charge in [-0.05, 0) is 13.8 Å². The third-order valence-corrected chi connectivity index (χ3v) is 1.59. The summed E-state index contributed by atoms with van der Waals surface area (Å²) in [6.45, 7) is 4.49. The second-order valence-electron chi connectivity index (χ2n) is 2.71. The Labute approximate surface area is 92.8 Å². The van der Waals surface area contributed by atoms with Crippen molar-refractivity contribution in [1.82, 2.24) is 4.98 Å². The molecule has 1 rings (SSSR count). The second kappa shape index (κ2) is 5.79. The van der Waals surface area contributed by atoms with Crippen LogP contribution in [0, 0.1) is 0 Å². The molecule has 6 nitrogen and oxygen atoms in total. The van der Waals surface area contributed by atoms with Crippen LogP contribution in [0.3, 0.4) is 0 Å². The number of nitrogens with zero attached hydrogens (tertiary/aromatic N) is 1. The van der Waals surface area contributed by atoms with Gasteiger partial charge in [0.15, 0.2) is 5.75 Å². The molecule has 0 fully saturated rings. The molecule has 1 heterocycles. The fourth-order valence-corrected chi connectivity index (χ4v) is 1.08. The molecule has 1 aromatic heterocycles. The van der Waals surface area contributed by atoms with Crippen molar-refractivity contribution in [3.8, 4) is 17.4 Å². The first-order chi connectivity index (χ1) is 7.67. The molecular weight excluding hydrogens is 214 g/mol. The van der Waals surface area contributed by atoms with Gasteiger partial charge in [-0.1, -0.05) is 0 Å². The Morgan fingerprint density at radius 1 is 1.38 bits per heavy atom. The van der Waals surface area contributed by atoms with Gasteiger partial charge in [-0.25, -0.2) is 9.78 Å². The number of hydrogen-bond acceptors (Lipinski definition) is 5. The lowest BCUT2D eigenvalue weighted by atomic mass is 10.4. The Kier molecular flexibility index (Phi) is 4.38. The molecule has 0 amide bonds. The predicted octanol–water partition coefficient (Wildman–Crippen LogP) is 1.94. The molecule has 1 N–H and O–H groups in total. The third kappa shape index (κ3) is 3.30. The van der Waals surface area contributed by atoms with Gasteiger partial charge in [0, 0.05) is 6.07 Å². The zero-order chi connectivity index (χ0) is 12.0. The molecule has 0 bridgehead atoms. The zero-order valence-corrected chi connectivity index (χ0v) is 9.10. The van der Waals surface area contributed by atoms with Gasteiger partial charge in [0.25, 0.3) is 5.88 Å². The van der Waals surface area contributed by atoms with Crippen molar-refractivity contribution in [3.05, 3.63) is 12.3 Å². The number of ether oxygens (including phenoxy) is 3. The summed E-state index contributed by atoms with van der Waals surface area (Å²) in [7, 11) is 0. The summed E-state index contributed by atoms with van der Waals surface area (Å²) in [5, 5.41) is 8.48. The van der Waals surface area contributed by atoms with Crippen molar-refractivity contribution in [2.45, 2.75) is 13.8 Å². The Morgan fingerprint density at radius 3 is 2.62 bits per heavy atom. The summed E-state index contributed by atoms with van der Waals surface area (Å²) in [5.74, 6) is 0.664. The molecule has 0 aliphatic rings. The minimum absolute atomic E-state index is 0.0854. The summed E-state index contributed by atoms with van der Waals surface area (Å²) in [6, 6.07) is 1.54. The van der Waals surface area contributed by atoms with Crippen LogP contribution in [0.1, 0.15) is 13.8 Å². The van der Waals surface area contributed by atoms with Gasteiger partial charge in [0.2, 0.25) is 0 Å². The van der Waals surface area contributed by atoms with Crippen molar-refractivity contribution >= 4 is 6.16 Å². The molecule has 0 saturated carbocycles. The fourth-order valence-electron chi connectivity index (χ4n) is 1.08. The van der Waals surface area contributed by atoms with Crippen LogP contribution < -0.4 is 14.2 Å². The normalized spacial score (nSPS) is 9.62. The smallest absolute Gasteiger partial charge is 0.492 e. The van der Waals surface area contributed by atoms with Crippen LogP contribution >= 0.6 is 0 Å². The van der Waals surface area contributed by atoms with E-state index in [0.29, 0.717) is 19.0 Å². The maximum Gasteiger partial charge on any atom is 0.512 e. The lowest BCUT2D eigenvalue weighted by Gasteiger charge is -2.09. The molecule has 88 valence electrons. The lowest BCUT2D eigenvalue weighted by Crippen LogP contribution is -2.07. The summed E-state index contributed by atoms with van der Waals surface area (Å²) in [4.78, 5) is 14.2. The van der Waals surface area contributed by atoms with E-state index in [0.717, 1.165) is 0 Å². The van der Waals surface area contributed by atoms with E-state index >= 15 is 0 Å². The maximum atomic E-state index is 10.4. The first kappa shape index (κ1) is 12.1. The molecule has 0 aliphatic heterocycles. The highest BCUT2D eigenvalue weighted by molar-refractivity contribution is 5.62. The van der Waals surface area contributed by atoms with Crippen molar-refractivity contribution in [2.24, 2.45) is 0 Å². The van der Waals surface area contributed by atoms with Crippen molar-refractivity contribution in [2.75, 3.05) is 13.2 Å². The van der Waals surface area contributed by atoms with E-state index < -0.39 is 6.16 Å². The van der Waals surface area contributed by atoms with Gasteiger partial charge >= 0.3 is 6.16 Å². The molecule has 16 heavy (non-hydrogen) atoms. The van der Waals surface area contributed by atoms with E-state index in [-0.39, 0.29) is 11.6 Å². The molecule has 0 unspecified atom stereocenters. The van der Waals surface area contributed by atoms with Crippen molar-refractivity contribution in [3.63, 3.8) is 0 Å². The van der Waals surface area contributed by atoms with Crippen LogP contribution in [-0.2, 0) is 0 Å². The highest BCUT2D eigenvalue weighted by Crippen LogP contribution is 2.28. The van der Waals surface area contributed by atoms with Gasteiger partial charge in [0.1, 0.15) is 5.75 Å². The molecule has 0 atom stereocenters.